The first-order valence-electron chi connectivity index (χ1n) is 5.21. The van der Waals surface area contributed by atoms with Gasteiger partial charge in [0.25, 0.3) is 0 Å². The molecule has 0 radical (unpaired) electrons. The quantitative estimate of drug-likeness (QED) is 0.834. The van der Waals surface area contributed by atoms with E-state index in [1.807, 2.05) is 0 Å². The molecule has 1 aromatic rings. The highest BCUT2D eigenvalue weighted by molar-refractivity contribution is 6.03. The number of hydrogen-bond acceptors (Lipinski definition) is 4. The highest BCUT2D eigenvalue weighted by Gasteiger charge is 2.28. The van der Waals surface area contributed by atoms with Crippen molar-refractivity contribution in [3.8, 4) is 5.88 Å². The number of carbonyl (C=O) groups is 2. The zero-order chi connectivity index (χ0) is 14.5. The summed E-state index contributed by atoms with van der Waals surface area (Å²) in [4.78, 5) is 25.5. The zero-order valence-corrected chi connectivity index (χ0v) is 9.95. The molecule has 19 heavy (non-hydrogen) atoms. The van der Waals surface area contributed by atoms with Crippen molar-refractivity contribution in [2.24, 2.45) is 0 Å². The van der Waals surface area contributed by atoms with Crippen LogP contribution in [0.5, 0.6) is 5.88 Å². The van der Waals surface area contributed by atoms with Gasteiger partial charge in [-0.1, -0.05) is 0 Å². The molecular formula is C11H11F3N2O3. The number of halogens is 3. The number of carbonyl (C=O) groups excluding carboxylic acids is 2. The number of Topliss-reactive ketones (excluding diaryl/α,β-unsaturated/α-hetero) is 1. The van der Waals surface area contributed by atoms with E-state index in [9.17, 15) is 22.8 Å². The summed E-state index contributed by atoms with van der Waals surface area (Å²) in [5.41, 5.74) is 0.269. The highest BCUT2D eigenvalue weighted by atomic mass is 19.4. The van der Waals surface area contributed by atoms with Gasteiger partial charge in [-0.3, -0.25) is 9.59 Å². The molecule has 8 heteroatoms. The minimum atomic E-state index is -4.43. The van der Waals surface area contributed by atoms with Crippen molar-refractivity contribution in [1.82, 2.24) is 4.98 Å². The first-order chi connectivity index (χ1) is 8.76. The molecule has 0 spiro atoms. The molecule has 1 amide bonds. The fourth-order valence-electron chi connectivity index (χ4n) is 1.13. The van der Waals surface area contributed by atoms with Gasteiger partial charge in [-0.2, -0.15) is 13.2 Å². The Balaban J connectivity index is 2.52. The van der Waals surface area contributed by atoms with Crippen molar-refractivity contribution < 1.29 is 27.5 Å². The van der Waals surface area contributed by atoms with Crippen LogP contribution in [0.1, 0.15) is 13.3 Å². The molecule has 5 nitrogen and oxygen atoms in total. The van der Waals surface area contributed by atoms with Gasteiger partial charge in [0.2, 0.25) is 11.8 Å². The van der Waals surface area contributed by atoms with Crippen LogP contribution in [-0.4, -0.2) is 29.5 Å². The minimum Gasteiger partial charge on any atom is -0.468 e. The van der Waals surface area contributed by atoms with E-state index in [1.165, 1.54) is 19.1 Å². The highest BCUT2D eigenvalue weighted by Crippen LogP contribution is 2.18. The lowest BCUT2D eigenvalue weighted by atomic mass is 10.3. The van der Waals surface area contributed by atoms with Gasteiger partial charge in [-0.15, -0.1) is 0 Å². The fraction of sp³-hybridized carbons (Fsp3) is 0.364. The molecule has 0 fully saturated rings. The molecule has 1 aromatic heterocycles. The predicted octanol–water partition coefficient (Wildman–Crippen LogP) is 1.94. The summed E-state index contributed by atoms with van der Waals surface area (Å²) >= 11 is 0. The number of amides is 1. The lowest BCUT2D eigenvalue weighted by molar-refractivity contribution is -0.154. The standard InChI is InChI=1S/C11H11F3N2O3/c1-7(17)4-9(18)16-8-2-3-10(15-5-8)19-6-11(12,13)14/h2-3,5H,4,6H2,1H3,(H,16,18). The smallest absolute Gasteiger partial charge is 0.422 e. The summed E-state index contributed by atoms with van der Waals surface area (Å²) < 4.78 is 40.0. The van der Waals surface area contributed by atoms with Crippen LogP contribution >= 0.6 is 0 Å². The Labute approximate surface area is 106 Å². The van der Waals surface area contributed by atoms with Crippen LogP contribution in [0.3, 0.4) is 0 Å². The van der Waals surface area contributed by atoms with Gasteiger partial charge in [0, 0.05) is 6.07 Å². The normalized spacial score (nSPS) is 10.9. The largest absolute Gasteiger partial charge is 0.468 e. The monoisotopic (exact) mass is 276 g/mol. The summed E-state index contributed by atoms with van der Waals surface area (Å²) in [6.07, 6.45) is -3.56. The molecule has 0 aliphatic rings. The number of nitrogens with zero attached hydrogens (tertiary/aromatic N) is 1. The number of alkyl halides is 3. The Hall–Kier alpha value is -2.12. The lowest BCUT2D eigenvalue weighted by Gasteiger charge is -2.09. The van der Waals surface area contributed by atoms with Gasteiger partial charge in [0.05, 0.1) is 18.3 Å². The van der Waals surface area contributed by atoms with Crippen molar-refractivity contribution in [1.29, 1.82) is 0 Å². The summed E-state index contributed by atoms with van der Waals surface area (Å²) in [7, 11) is 0. The third-order valence-corrected chi connectivity index (χ3v) is 1.81. The number of ether oxygens (including phenoxy) is 1. The Kier molecular flexibility index (Phi) is 4.85. The van der Waals surface area contributed by atoms with Gasteiger partial charge in [-0.05, 0) is 13.0 Å². The second-order valence-corrected chi connectivity index (χ2v) is 3.72. The lowest BCUT2D eigenvalue weighted by Crippen LogP contribution is -2.19. The molecule has 0 aliphatic heterocycles. The third-order valence-electron chi connectivity index (χ3n) is 1.81. The van der Waals surface area contributed by atoms with Crippen molar-refractivity contribution in [3.05, 3.63) is 18.3 Å². The van der Waals surface area contributed by atoms with Crippen LogP contribution < -0.4 is 10.1 Å². The van der Waals surface area contributed by atoms with Gasteiger partial charge >= 0.3 is 6.18 Å². The average Bonchev–Trinajstić information content (AvgIpc) is 2.26. The van der Waals surface area contributed by atoms with E-state index in [-0.39, 0.29) is 23.8 Å². The first-order valence-corrected chi connectivity index (χ1v) is 5.21. The summed E-state index contributed by atoms with van der Waals surface area (Å²) in [5.74, 6) is -1.02. The van der Waals surface area contributed by atoms with Crippen LogP contribution in [0.15, 0.2) is 18.3 Å². The van der Waals surface area contributed by atoms with Gasteiger partial charge < -0.3 is 10.1 Å². The van der Waals surface area contributed by atoms with E-state index in [4.69, 9.17) is 0 Å². The molecule has 0 unspecified atom stereocenters. The summed E-state index contributed by atoms with van der Waals surface area (Å²) in [5, 5.41) is 2.37. The summed E-state index contributed by atoms with van der Waals surface area (Å²) in [6.45, 7) is -0.165. The predicted molar refractivity (Wildman–Crippen MR) is 59.7 cm³/mol. The van der Waals surface area contributed by atoms with E-state index in [1.54, 1.807) is 0 Å². The van der Waals surface area contributed by atoms with Crippen molar-refractivity contribution in [2.45, 2.75) is 19.5 Å². The Morgan fingerprint density at radius 2 is 2.05 bits per heavy atom. The number of anilines is 1. The molecular weight excluding hydrogens is 265 g/mol. The molecule has 1 heterocycles. The molecule has 0 atom stereocenters. The minimum absolute atomic E-state index is 0.207. The van der Waals surface area contributed by atoms with Gasteiger partial charge in [0.15, 0.2) is 6.61 Å². The maximum atomic E-state index is 11.9. The molecule has 1 rings (SSSR count). The van der Waals surface area contributed by atoms with Crippen LogP contribution in [-0.2, 0) is 9.59 Å². The van der Waals surface area contributed by atoms with Crippen LogP contribution in [0, 0.1) is 0 Å². The maximum Gasteiger partial charge on any atom is 0.422 e. The van der Waals surface area contributed by atoms with Crippen LogP contribution in [0.4, 0.5) is 18.9 Å². The maximum absolute atomic E-state index is 11.9. The van der Waals surface area contributed by atoms with Gasteiger partial charge in [0.1, 0.15) is 5.78 Å². The van der Waals surface area contributed by atoms with E-state index < -0.39 is 18.7 Å². The first kappa shape index (κ1) is 14.9. The molecule has 0 saturated heterocycles. The third kappa shape index (κ3) is 6.39. The van der Waals surface area contributed by atoms with E-state index in [2.05, 4.69) is 15.0 Å². The molecule has 0 aliphatic carbocycles. The Morgan fingerprint density at radius 1 is 1.37 bits per heavy atom. The Bertz CT molecular complexity index is 457. The molecule has 104 valence electrons. The summed E-state index contributed by atoms with van der Waals surface area (Å²) in [6, 6.07) is 2.52. The van der Waals surface area contributed by atoms with E-state index in [0.29, 0.717) is 0 Å². The second kappa shape index (κ2) is 6.17. The molecule has 0 saturated carbocycles. The van der Waals surface area contributed by atoms with Crippen molar-refractivity contribution in [2.75, 3.05) is 11.9 Å². The topological polar surface area (TPSA) is 68.3 Å². The average molecular weight is 276 g/mol. The fourth-order valence-corrected chi connectivity index (χ4v) is 1.13. The zero-order valence-electron chi connectivity index (χ0n) is 9.95. The molecule has 0 bridgehead atoms. The van der Waals surface area contributed by atoms with Crippen LogP contribution in [0.25, 0.3) is 0 Å². The van der Waals surface area contributed by atoms with Crippen LogP contribution in [0.2, 0.25) is 0 Å². The van der Waals surface area contributed by atoms with E-state index >= 15 is 0 Å². The number of ketones is 1. The second-order valence-electron chi connectivity index (χ2n) is 3.72. The number of hydrogen-bond donors (Lipinski definition) is 1. The van der Waals surface area contributed by atoms with Crippen molar-refractivity contribution in [3.63, 3.8) is 0 Å². The number of pyridine rings is 1. The molecule has 1 N–H and O–H groups in total. The van der Waals surface area contributed by atoms with Gasteiger partial charge in [-0.25, -0.2) is 4.98 Å². The number of nitrogens with one attached hydrogen (secondary N) is 1. The SMILES string of the molecule is CC(=O)CC(=O)Nc1ccc(OCC(F)(F)F)nc1. The number of aromatic nitrogens is 1. The number of rotatable bonds is 5. The molecule has 0 aromatic carbocycles. The Morgan fingerprint density at radius 3 is 2.53 bits per heavy atom. The van der Waals surface area contributed by atoms with Crippen molar-refractivity contribution >= 4 is 17.4 Å². The van der Waals surface area contributed by atoms with E-state index in [0.717, 1.165) is 6.20 Å².